The Morgan fingerprint density at radius 1 is 1.17 bits per heavy atom. The minimum Gasteiger partial charge on any atom is -0.475 e. The summed E-state index contributed by atoms with van der Waals surface area (Å²) >= 11 is 6.04. The lowest BCUT2D eigenvalue weighted by molar-refractivity contribution is 0.0644. The number of aromatic amines is 1. The molecule has 0 amide bonds. The van der Waals surface area contributed by atoms with Crippen LogP contribution in [-0.2, 0) is 6.42 Å². The number of aromatic nitrogens is 1. The molecule has 2 aliphatic rings. The third-order valence-corrected chi connectivity index (χ3v) is 5.89. The molecule has 0 saturated carbocycles. The van der Waals surface area contributed by atoms with E-state index in [1.54, 1.807) is 6.07 Å². The van der Waals surface area contributed by atoms with Crippen LogP contribution in [-0.4, -0.2) is 16.1 Å². The van der Waals surface area contributed by atoms with Crippen LogP contribution in [0.4, 0.5) is 0 Å². The van der Waals surface area contributed by atoms with Crippen molar-refractivity contribution in [2.75, 3.05) is 0 Å². The van der Waals surface area contributed by atoms with Crippen LogP contribution >= 0.6 is 11.6 Å². The molecule has 2 atom stereocenters. The van der Waals surface area contributed by atoms with Crippen LogP contribution in [0, 0.1) is 0 Å². The molecular formula is C24H20ClNO4. The number of rotatable bonds is 5. The minimum absolute atomic E-state index is 0.124. The molecule has 0 saturated heterocycles. The zero-order chi connectivity index (χ0) is 20.7. The first-order chi connectivity index (χ1) is 14.6. The zero-order valence-corrected chi connectivity index (χ0v) is 16.9. The average molecular weight is 422 g/mol. The first kappa shape index (κ1) is 18.8. The van der Waals surface area contributed by atoms with Gasteiger partial charge in [0.2, 0.25) is 5.76 Å². The molecule has 5 nitrogen and oxygen atoms in total. The first-order valence-electron chi connectivity index (χ1n) is 9.93. The van der Waals surface area contributed by atoms with E-state index < -0.39 is 5.97 Å². The number of furan rings is 1. The van der Waals surface area contributed by atoms with Gasteiger partial charge in [-0.05, 0) is 54.7 Å². The molecule has 2 unspecified atom stereocenters. The van der Waals surface area contributed by atoms with Crippen LogP contribution in [0.15, 0.2) is 53.0 Å². The lowest BCUT2D eigenvalue weighted by Gasteiger charge is -2.24. The highest BCUT2D eigenvalue weighted by molar-refractivity contribution is 6.30. The van der Waals surface area contributed by atoms with E-state index in [9.17, 15) is 4.79 Å². The van der Waals surface area contributed by atoms with Crippen LogP contribution < -0.4 is 15.4 Å². The first-order valence-corrected chi connectivity index (χ1v) is 10.3. The summed E-state index contributed by atoms with van der Waals surface area (Å²) in [5.74, 6) is -0.801. The summed E-state index contributed by atoms with van der Waals surface area (Å²) in [6, 6.07) is 10.9. The fourth-order valence-corrected chi connectivity index (χ4v) is 4.44. The summed E-state index contributed by atoms with van der Waals surface area (Å²) in [6.07, 6.45) is 10.9. The Bertz CT molecular complexity index is 1250. The Morgan fingerprint density at radius 2 is 2.00 bits per heavy atom. The Kier molecular flexibility index (Phi) is 4.75. The lowest BCUT2D eigenvalue weighted by Crippen LogP contribution is -2.23. The summed E-state index contributed by atoms with van der Waals surface area (Å²) in [6.45, 7) is 0. The highest BCUT2D eigenvalue weighted by atomic mass is 35.5. The number of allylic oxidation sites excluding steroid dienone is 2. The number of H-pyrrole nitrogens is 1. The number of carboxylic acid groups (broad SMARTS) is 1. The minimum atomic E-state index is -1.11. The van der Waals surface area contributed by atoms with E-state index in [2.05, 4.69) is 41.4 Å². The van der Waals surface area contributed by atoms with Crippen LogP contribution in [0.1, 0.15) is 52.1 Å². The van der Waals surface area contributed by atoms with Gasteiger partial charge in [0.05, 0.1) is 0 Å². The highest BCUT2D eigenvalue weighted by Gasteiger charge is 2.29. The van der Waals surface area contributed by atoms with E-state index in [0.717, 1.165) is 40.5 Å². The van der Waals surface area contributed by atoms with Gasteiger partial charge in [-0.15, -0.1) is 0 Å². The van der Waals surface area contributed by atoms with Crippen LogP contribution in [0.5, 0.6) is 5.95 Å². The third-order valence-electron chi connectivity index (χ3n) is 5.64. The van der Waals surface area contributed by atoms with Crippen molar-refractivity contribution in [3.05, 3.63) is 86.7 Å². The van der Waals surface area contributed by atoms with Gasteiger partial charge in [0.1, 0.15) is 6.10 Å². The quantitative estimate of drug-likeness (QED) is 0.643. The van der Waals surface area contributed by atoms with Gasteiger partial charge in [-0.3, -0.25) is 0 Å². The summed E-state index contributed by atoms with van der Waals surface area (Å²) < 4.78 is 11.5. The topological polar surface area (TPSA) is 75.5 Å². The van der Waals surface area contributed by atoms with Gasteiger partial charge in [0.15, 0.2) is 0 Å². The number of ether oxygens (including phenoxy) is 1. The predicted octanol–water partition coefficient (Wildman–Crippen LogP) is 4.33. The molecule has 0 bridgehead atoms. The van der Waals surface area contributed by atoms with Crippen molar-refractivity contribution in [3.63, 3.8) is 0 Å². The predicted molar refractivity (Wildman–Crippen MR) is 114 cm³/mol. The monoisotopic (exact) mass is 421 g/mol. The molecule has 2 N–H and O–H groups in total. The van der Waals surface area contributed by atoms with E-state index in [0.29, 0.717) is 0 Å². The molecule has 152 valence electrons. The number of hydrogen-bond acceptors (Lipinski definition) is 3. The van der Waals surface area contributed by atoms with Crippen LogP contribution in [0.25, 0.3) is 12.2 Å². The van der Waals surface area contributed by atoms with Gasteiger partial charge < -0.3 is 19.2 Å². The molecule has 0 spiro atoms. The third kappa shape index (κ3) is 3.46. The lowest BCUT2D eigenvalue weighted by atomic mass is 9.85. The SMILES string of the molecule is O=C(O)c1ccc(OC2CCC=c3[nH]c4c(c32)C(Cc2ccc(Cl)cc2)C=CC=4)o1. The van der Waals surface area contributed by atoms with Crippen LogP contribution in [0.3, 0.4) is 0 Å². The van der Waals surface area contributed by atoms with Crippen molar-refractivity contribution < 1.29 is 19.1 Å². The Labute approximate surface area is 177 Å². The number of nitrogens with one attached hydrogen (secondary N) is 1. The second kappa shape index (κ2) is 7.58. The largest absolute Gasteiger partial charge is 0.475 e. The van der Waals surface area contributed by atoms with Gasteiger partial charge in [0, 0.05) is 33.3 Å². The van der Waals surface area contributed by atoms with Crippen molar-refractivity contribution in [2.45, 2.75) is 31.3 Å². The van der Waals surface area contributed by atoms with Crippen LogP contribution in [0.2, 0.25) is 5.02 Å². The van der Waals surface area contributed by atoms with E-state index in [1.165, 1.54) is 17.2 Å². The van der Waals surface area contributed by atoms with Gasteiger partial charge in [-0.2, -0.15) is 0 Å². The van der Waals surface area contributed by atoms with Gasteiger partial charge >= 0.3 is 5.97 Å². The number of carbonyl (C=O) groups is 1. The Hall–Kier alpha value is -3.18. The average Bonchev–Trinajstić information content (AvgIpc) is 3.35. The number of aromatic carboxylic acids is 1. The van der Waals surface area contributed by atoms with Crippen molar-refractivity contribution in [3.8, 4) is 5.95 Å². The number of hydrogen-bond donors (Lipinski definition) is 2. The number of halogens is 1. The number of benzene rings is 1. The molecule has 3 aromatic rings. The van der Waals surface area contributed by atoms with Gasteiger partial charge in [0.25, 0.3) is 5.95 Å². The molecule has 2 aliphatic carbocycles. The van der Waals surface area contributed by atoms with Crippen molar-refractivity contribution in [1.29, 1.82) is 0 Å². The van der Waals surface area contributed by atoms with Gasteiger partial charge in [-0.1, -0.05) is 42.0 Å². The van der Waals surface area contributed by atoms with E-state index >= 15 is 0 Å². The fraction of sp³-hybridized carbons (Fsp3) is 0.208. The van der Waals surface area contributed by atoms with E-state index in [4.69, 9.17) is 25.9 Å². The summed E-state index contributed by atoms with van der Waals surface area (Å²) in [7, 11) is 0. The molecule has 2 heterocycles. The summed E-state index contributed by atoms with van der Waals surface area (Å²) in [5.41, 5.74) is 3.57. The van der Waals surface area contributed by atoms with Crippen molar-refractivity contribution >= 4 is 29.7 Å². The maximum atomic E-state index is 11.1. The molecule has 0 radical (unpaired) electrons. The van der Waals surface area contributed by atoms with E-state index in [-0.39, 0.29) is 23.7 Å². The fourth-order valence-electron chi connectivity index (χ4n) is 4.32. The second-order valence-electron chi connectivity index (χ2n) is 7.58. The molecule has 0 aliphatic heterocycles. The molecule has 0 fully saturated rings. The van der Waals surface area contributed by atoms with Gasteiger partial charge in [-0.25, -0.2) is 4.79 Å². The normalized spacial score (nSPS) is 19.4. The Balaban J connectivity index is 1.50. The molecule has 2 aromatic heterocycles. The maximum absolute atomic E-state index is 11.1. The zero-order valence-electron chi connectivity index (χ0n) is 16.1. The second-order valence-corrected chi connectivity index (χ2v) is 8.02. The molecule has 6 heteroatoms. The Morgan fingerprint density at radius 3 is 2.77 bits per heavy atom. The summed E-state index contributed by atoms with van der Waals surface area (Å²) in [4.78, 5) is 14.6. The number of carboxylic acids is 1. The molecule has 1 aromatic carbocycles. The highest BCUT2D eigenvalue weighted by Crippen LogP contribution is 2.34. The molecule has 5 rings (SSSR count). The van der Waals surface area contributed by atoms with E-state index in [1.807, 2.05) is 12.1 Å². The number of fused-ring (bicyclic) bond motifs is 3. The molecular weight excluding hydrogens is 402 g/mol. The standard InChI is InChI=1S/C24H20ClNO4/c25-16-9-7-14(8-10-16)13-15-3-1-4-17-22(15)23-18(26-17)5-2-6-19(23)29-21-12-11-20(30-21)24(27)28/h1,3-5,7-12,15,19,26H,2,6,13H2,(H,27,28). The molecule has 30 heavy (non-hydrogen) atoms. The maximum Gasteiger partial charge on any atom is 0.371 e. The van der Waals surface area contributed by atoms with Crippen molar-refractivity contribution in [1.82, 2.24) is 4.98 Å². The smallest absolute Gasteiger partial charge is 0.371 e. The van der Waals surface area contributed by atoms with Crippen molar-refractivity contribution in [2.24, 2.45) is 0 Å². The summed E-state index contributed by atoms with van der Waals surface area (Å²) in [5, 5.41) is 12.0.